The van der Waals surface area contributed by atoms with Crippen molar-refractivity contribution in [1.29, 1.82) is 0 Å². The van der Waals surface area contributed by atoms with Gasteiger partial charge in [-0.15, -0.1) is 0 Å². The molecule has 1 radical (unpaired) electrons. The van der Waals surface area contributed by atoms with Gasteiger partial charge in [0.15, 0.2) is 0 Å². The van der Waals surface area contributed by atoms with Crippen LogP contribution in [0.4, 0.5) is 5.82 Å². The summed E-state index contributed by atoms with van der Waals surface area (Å²) in [5, 5.41) is 0. The first-order valence-corrected chi connectivity index (χ1v) is 5.28. The average Bonchev–Trinajstić information content (AvgIpc) is 2.33. The first-order chi connectivity index (χ1) is 7.75. The van der Waals surface area contributed by atoms with Crippen LogP contribution >= 0.6 is 0 Å². The number of rotatable bonds is 2. The van der Waals surface area contributed by atoms with E-state index in [9.17, 15) is 4.79 Å². The van der Waals surface area contributed by atoms with Crippen LogP contribution in [0.15, 0.2) is 18.3 Å². The van der Waals surface area contributed by atoms with Crippen LogP contribution < -0.4 is 5.73 Å². The van der Waals surface area contributed by atoms with Crippen LogP contribution in [0, 0.1) is 0 Å². The molecule has 0 bridgehead atoms. The van der Waals surface area contributed by atoms with Crippen molar-refractivity contribution < 1.29 is 9.53 Å². The fraction of sp³-hybridized carbons (Fsp3) is 0.455. The summed E-state index contributed by atoms with van der Waals surface area (Å²) in [6, 6.07) is 3.37. The summed E-state index contributed by atoms with van der Waals surface area (Å²) in [6.07, 6.45) is 1.94. The predicted molar refractivity (Wildman–Crippen MR) is 58.1 cm³/mol. The highest BCUT2D eigenvalue weighted by Crippen LogP contribution is 2.06. The summed E-state index contributed by atoms with van der Waals surface area (Å²) in [5.74, 6) is 0.324. The highest BCUT2D eigenvalue weighted by molar-refractivity contribution is 5.78. The lowest BCUT2D eigenvalue weighted by Crippen LogP contribution is -2.41. The number of hydrogen-bond donors (Lipinski definition) is 0. The number of nitrogens with zero attached hydrogens (tertiary/aromatic N) is 2. The van der Waals surface area contributed by atoms with Crippen molar-refractivity contribution in [3.8, 4) is 0 Å². The number of nitrogens with one attached hydrogen (secondary N) is 1. The molecule has 16 heavy (non-hydrogen) atoms. The summed E-state index contributed by atoms with van der Waals surface area (Å²) in [6.45, 7) is 2.58. The Morgan fingerprint density at radius 1 is 1.44 bits per heavy atom. The Morgan fingerprint density at radius 2 is 2.19 bits per heavy atom. The van der Waals surface area contributed by atoms with Gasteiger partial charge in [-0.1, -0.05) is 6.07 Å². The maximum atomic E-state index is 11.8. The van der Waals surface area contributed by atoms with Crippen LogP contribution in [-0.4, -0.2) is 42.1 Å². The van der Waals surface area contributed by atoms with Gasteiger partial charge in [0.2, 0.25) is 5.91 Å². The van der Waals surface area contributed by atoms with Gasteiger partial charge in [-0.05, 0) is 11.6 Å². The molecule has 1 saturated heterocycles. The van der Waals surface area contributed by atoms with Crippen LogP contribution in [-0.2, 0) is 16.0 Å². The number of ether oxygens (including phenoxy) is 1. The summed E-state index contributed by atoms with van der Waals surface area (Å²) in [4.78, 5) is 17.5. The van der Waals surface area contributed by atoms with Gasteiger partial charge in [0.05, 0.1) is 19.6 Å². The lowest BCUT2D eigenvalue weighted by Gasteiger charge is -2.26. The molecule has 5 heteroatoms. The van der Waals surface area contributed by atoms with E-state index in [1.807, 2.05) is 0 Å². The van der Waals surface area contributed by atoms with E-state index < -0.39 is 0 Å². The Labute approximate surface area is 94.2 Å². The van der Waals surface area contributed by atoms with Crippen LogP contribution in [0.3, 0.4) is 0 Å². The number of carbonyl (C=O) groups excluding carboxylic acids is 1. The summed E-state index contributed by atoms with van der Waals surface area (Å²) in [7, 11) is 0. The van der Waals surface area contributed by atoms with E-state index in [1.54, 1.807) is 23.2 Å². The average molecular weight is 220 g/mol. The second kappa shape index (κ2) is 4.94. The van der Waals surface area contributed by atoms with Crippen molar-refractivity contribution in [2.75, 3.05) is 26.3 Å². The molecular weight excluding hydrogens is 206 g/mol. The van der Waals surface area contributed by atoms with E-state index in [4.69, 9.17) is 10.5 Å². The SMILES string of the molecule is [NH]c1ccc(CC(=O)N2CCOCC2)cn1. The Morgan fingerprint density at radius 3 is 2.81 bits per heavy atom. The van der Waals surface area contributed by atoms with Crippen molar-refractivity contribution in [3.63, 3.8) is 0 Å². The molecule has 1 aromatic rings. The summed E-state index contributed by atoms with van der Waals surface area (Å²) in [5.41, 5.74) is 8.10. The molecule has 0 aromatic carbocycles. The molecule has 1 fully saturated rings. The molecule has 1 aromatic heterocycles. The lowest BCUT2D eigenvalue weighted by atomic mass is 10.2. The fourth-order valence-corrected chi connectivity index (χ4v) is 1.63. The summed E-state index contributed by atoms with van der Waals surface area (Å²) < 4.78 is 5.18. The fourth-order valence-electron chi connectivity index (χ4n) is 1.63. The van der Waals surface area contributed by atoms with E-state index in [0.717, 1.165) is 5.56 Å². The number of carbonyl (C=O) groups is 1. The van der Waals surface area contributed by atoms with Gasteiger partial charge >= 0.3 is 0 Å². The van der Waals surface area contributed by atoms with Crippen LogP contribution in [0.5, 0.6) is 0 Å². The molecule has 1 N–H and O–H groups in total. The normalized spacial score (nSPS) is 16.1. The molecular formula is C11H14N3O2. The Bertz CT molecular complexity index is 358. The highest BCUT2D eigenvalue weighted by Gasteiger charge is 2.16. The third-order valence-corrected chi connectivity index (χ3v) is 2.54. The van der Waals surface area contributed by atoms with Gasteiger partial charge in [0.25, 0.3) is 0 Å². The molecule has 85 valence electrons. The molecule has 1 aliphatic rings. The second-order valence-electron chi connectivity index (χ2n) is 3.72. The van der Waals surface area contributed by atoms with Gasteiger partial charge in [0, 0.05) is 19.3 Å². The van der Waals surface area contributed by atoms with Crippen molar-refractivity contribution in [3.05, 3.63) is 23.9 Å². The zero-order valence-corrected chi connectivity index (χ0v) is 8.98. The van der Waals surface area contributed by atoms with Crippen molar-refractivity contribution in [1.82, 2.24) is 15.6 Å². The number of pyridine rings is 1. The predicted octanol–water partition coefficient (Wildman–Crippen LogP) is 0.397. The van der Waals surface area contributed by atoms with Gasteiger partial charge < -0.3 is 9.64 Å². The first kappa shape index (κ1) is 10.9. The van der Waals surface area contributed by atoms with Crippen molar-refractivity contribution in [2.24, 2.45) is 0 Å². The number of hydrogen-bond acceptors (Lipinski definition) is 3. The molecule has 2 rings (SSSR count). The molecule has 2 heterocycles. The monoisotopic (exact) mass is 220 g/mol. The topological polar surface area (TPSA) is 66.2 Å². The zero-order chi connectivity index (χ0) is 11.4. The minimum absolute atomic E-state index is 0.0998. The maximum Gasteiger partial charge on any atom is 0.227 e. The van der Waals surface area contributed by atoms with E-state index in [0.29, 0.717) is 32.7 Å². The zero-order valence-electron chi connectivity index (χ0n) is 8.98. The van der Waals surface area contributed by atoms with Gasteiger partial charge in [-0.3, -0.25) is 10.5 Å². The minimum Gasteiger partial charge on any atom is -0.378 e. The van der Waals surface area contributed by atoms with Crippen LogP contribution in [0.25, 0.3) is 0 Å². The van der Waals surface area contributed by atoms with Gasteiger partial charge in [-0.2, -0.15) is 0 Å². The third kappa shape index (κ3) is 2.70. The number of morpholine rings is 1. The van der Waals surface area contributed by atoms with E-state index in [1.165, 1.54) is 0 Å². The lowest BCUT2D eigenvalue weighted by molar-refractivity contribution is -0.134. The molecule has 0 saturated carbocycles. The highest BCUT2D eigenvalue weighted by atomic mass is 16.5. The van der Waals surface area contributed by atoms with Crippen LogP contribution in [0.1, 0.15) is 5.56 Å². The Balaban J connectivity index is 1.93. The Hall–Kier alpha value is -1.62. The molecule has 1 amide bonds. The minimum atomic E-state index is 0.0998. The van der Waals surface area contributed by atoms with E-state index in [-0.39, 0.29) is 11.7 Å². The van der Waals surface area contributed by atoms with Crippen molar-refractivity contribution >= 4 is 11.7 Å². The molecule has 5 nitrogen and oxygen atoms in total. The second-order valence-corrected chi connectivity index (χ2v) is 3.72. The van der Waals surface area contributed by atoms with Gasteiger partial charge in [-0.25, -0.2) is 4.98 Å². The third-order valence-electron chi connectivity index (χ3n) is 2.54. The molecule has 0 unspecified atom stereocenters. The molecule has 0 aliphatic carbocycles. The van der Waals surface area contributed by atoms with Crippen molar-refractivity contribution in [2.45, 2.75) is 6.42 Å². The van der Waals surface area contributed by atoms with E-state index >= 15 is 0 Å². The van der Waals surface area contributed by atoms with E-state index in [2.05, 4.69) is 4.98 Å². The quantitative estimate of drug-likeness (QED) is 0.724. The van der Waals surface area contributed by atoms with Crippen LogP contribution in [0.2, 0.25) is 0 Å². The molecule has 0 spiro atoms. The smallest absolute Gasteiger partial charge is 0.227 e. The number of amides is 1. The number of aromatic nitrogens is 1. The molecule has 0 atom stereocenters. The van der Waals surface area contributed by atoms with Gasteiger partial charge in [0.1, 0.15) is 5.82 Å². The standard InChI is InChI=1S/C11H14N3O2/c12-10-2-1-9(8-13-10)7-11(15)14-3-5-16-6-4-14/h1-2,8,12H,3-7H2. The maximum absolute atomic E-state index is 11.8. The molecule has 1 aliphatic heterocycles. The largest absolute Gasteiger partial charge is 0.378 e. The Kier molecular flexibility index (Phi) is 3.36. The summed E-state index contributed by atoms with van der Waals surface area (Å²) >= 11 is 0. The first-order valence-electron chi connectivity index (χ1n) is 5.28.